The Hall–Kier alpha value is -1.64. The minimum Gasteiger partial charge on any atom is -0.343 e. The molecule has 3 nitrogen and oxygen atoms in total. The van der Waals surface area contributed by atoms with Gasteiger partial charge in [-0.1, -0.05) is 30.3 Å². The van der Waals surface area contributed by atoms with E-state index in [0.717, 1.165) is 18.5 Å². The summed E-state index contributed by atoms with van der Waals surface area (Å²) in [7, 11) is 0. The van der Waals surface area contributed by atoms with E-state index in [1.807, 2.05) is 35.2 Å². The first-order valence-corrected chi connectivity index (χ1v) is 6.49. The van der Waals surface area contributed by atoms with Crippen LogP contribution >= 0.6 is 0 Å². The summed E-state index contributed by atoms with van der Waals surface area (Å²) in [5.41, 5.74) is 1.15. The average molecular weight is 244 g/mol. The van der Waals surface area contributed by atoms with Crippen LogP contribution in [0.5, 0.6) is 0 Å². The molecule has 1 unspecified atom stereocenters. The van der Waals surface area contributed by atoms with E-state index in [-0.39, 0.29) is 11.8 Å². The van der Waals surface area contributed by atoms with Gasteiger partial charge in [0.15, 0.2) is 0 Å². The zero-order valence-corrected chi connectivity index (χ0v) is 10.5. The van der Waals surface area contributed by atoms with Crippen LogP contribution in [0.15, 0.2) is 30.3 Å². The lowest BCUT2D eigenvalue weighted by Gasteiger charge is -2.17. The molecular weight excluding hydrogens is 226 g/mol. The van der Waals surface area contributed by atoms with Crippen molar-refractivity contribution >= 4 is 12.2 Å². The Morgan fingerprint density at radius 3 is 2.67 bits per heavy atom. The molecule has 0 aliphatic carbocycles. The largest absolute Gasteiger partial charge is 0.343 e. The van der Waals surface area contributed by atoms with E-state index >= 15 is 0 Å². The minimum atomic E-state index is -0.110. The van der Waals surface area contributed by atoms with E-state index in [1.165, 1.54) is 0 Å². The Morgan fingerprint density at radius 1 is 1.28 bits per heavy atom. The number of benzene rings is 1. The third kappa shape index (κ3) is 3.42. The fourth-order valence-electron chi connectivity index (χ4n) is 2.35. The number of carbonyl (C=O) groups excluding carboxylic acids is 2. The maximum Gasteiger partial charge on any atom is 0.222 e. The van der Waals surface area contributed by atoms with Crippen molar-refractivity contribution in [1.82, 2.24) is 4.90 Å². The number of hydrogen-bond donors (Lipinski definition) is 0. The molecule has 1 aliphatic rings. The third-order valence-electron chi connectivity index (χ3n) is 3.41. The second-order valence-corrected chi connectivity index (χ2v) is 4.78. The Bertz CT molecular complexity index is 402. The summed E-state index contributed by atoms with van der Waals surface area (Å²) in [5, 5.41) is 0. The minimum absolute atomic E-state index is 0.110. The SMILES string of the molecule is O=[C]C(CCN1CCCC1=O)Cc1ccccc1. The highest BCUT2D eigenvalue weighted by atomic mass is 16.2. The van der Waals surface area contributed by atoms with E-state index in [9.17, 15) is 9.59 Å². The van der Waals surface area contributed by atoms with E-state index < -0.39 is 0 Å². The highest BCUT2D eigenvalue weighted by Gasteiger charge is 2.21. The molecule has 0 N–H and O–H groups in total. The summed E-state index contributed by atoms with van der Waals surface area (Å²) in [6.45, 7) is 1.53. The number of nitrogens with zero attached hydrogens (tertiary/aromatic N) is 1. The van der Waals surface area contributed by atoms with Crippen molar-refractivity contribution in [2.24, 2.45) is 5.92 Å². The Kier molecular flexibility index (Phi) is 4.51. The summed E-state index contributed by atoms with van der Waals surface area (Å²) in [5.74, 6) is 0.111. The van der Waals surface area contributed by atoms with Crippen LogP contribution in [0.3, 0.4) is 0 Å². The van der Waals surface area contributed by atoms with Gasteiger partial charge in [-0.3, -0.25) is 9.59 Å². The predicted molar refractivity (Wildman–Crippen MR) is 69.8 cm³/mol. The molecule has 0 spiro atoms. The fraction of sp³-hybridized carbons (Fsp3) is 0.467. The molecular formula is C15H18NO2. The van der Waals surface area contributed by atoms with Gasteiger partial charge in [0, 0.05) is 25.4 Å². The molecule has 1 aliphatic heterocycles. The zero-order chi connectivity index (χ0) is 12.8. The van der Waals surface area contributed by atoms with Crippen LogP contribution in [0.25, 0.3) is 0 Å². The molecule has 2 rings (SSSR count). The summed E-state index contributed by atoms with van der Waals surface area (Å²) < 4.78 is 0. The molecule has 18 heavy (non-hydrogen) atoms. The molecule has 1 atom stereocenters. The predicted octanol–water partition coefficient (Wildman–Crippen LogP) is 1.97. The van der Waals surface area contributed by atoms with E-state index in [0.29, 0.717) is 25.8 Å². The van der Waals surface area contributed by atoms with Crippen LogP contribution in [-0.4, -0.2) is 30.2 Å². The van der Waals surface area contributed by atoms with Gasteiger partial charge in [0.2, 0.25) is 12.2 Å². The van der Waals surface area contributed by atoms with Crippen LogP contribution in [0.4, 0.5) is 0 Å². The van der Waals surface area contributed by atoms with Gasteiger partial charge < -0.3 is 4.90 Å². The first-order chi connectivity index (χ1) is 8.79. The van der Waals surface area contributed by atoms with Crippen molar-refractivity contribution in [3.63, 3.8) is 0 Å². The first kappa shape index (κ1) is 12.8. The molecule has 1 amide bonds. The molecule has 0 saturated carbocycles. The van der Waals surface area contributed by atoms with Crippen molar-refractivity contribution in [3.05, 3.63) is 35.9 Å². The van der Waals surface area contributed by atoms with Crippen molar-refractivity contribution < 1.29 is 9.59 Å². The van der Waals surface area contributed by atoms with Gasteiger partial charge >= 0.3 is 0 Å². The second-order valence-electron chi connectivity index (χ2n) is 4.78. The van der Waals surface area contributed by atoms with Gasteiger partial charge in [-0.25, -0.2) is 0 Å². The number of likely N-dealkylation sites (tertiary alicyclic amines) is 1. The van der Waals surface area contributed by atoms with Crippen molar-refractivity contribution in [2.45, 2.75) is 25.7 Å². The summed E-state index contributed by atoms with van der Waals surface area (Å²) in [6.07, 6.45) is 5.14. The van der Waals surface area contributed by atoms with Crippen molar-refractivity contribution in [1.29, 1.82) is 0 Å². The van der Waals surface area contributed by atoms with Gasteiger partial charge in [-0.15, -0.1) is 0 Å². The molecule has 3 heteroatoms. The lowest BCUT2D eigenvalue weighted by atomic mass is 9.97. The topological polar surface area (TPSA) is 37.4 Å². The molecule has 1 saturated heterocycles. The lowest BCUT2D eigenvalue weighted by Crippen LogP contribution is -2.27. The number of carbonyl (C=O) groups is 1. The molecule has 1 radical (unpaired) electrons. The van der Waals surface area contributed by atoms with E-state index in [4.69, 9.17) is 0 Å². The average Bonchev–Trinajstić information content (AvgIpc) is 2.81. The third-order valence-corrected chi connectivity index (χ3v) is 3.41. The van der Waals surface area contributed by atoms with Gasteiger partial charge in [0.25, 0.3) is 0 Å². The van der Waals surface area contributed by atoms with E-state index in [2.05, 4.69) is 6.29 Å². The lowest BCUT2D eigenvalue weighted by molar-refractivity contribution is -0.127. The Balaban J connectivity index is 1.82. The van der Waals surface area contributed by atoms with Crippen LogP contribution in [0.2, 0.25) is 0 Å². The second kappa shape index (κ2) is 6.34. The van der Waals surface area contributed by atoms with Crippen molar-refractivity contribution in [2.75, 3.05) is 13.1 Å². The highest BCUT2D eigenvalue weighted by molar-refractivity contribution is 5.78. The standard InChI is InChI=1S/C15H18NO2/c17-12-14(11-13-5-2-1-3-6-13)8-10-16-9-4-7-15(16)18/h1-3,5-6,14H,4,7-11H2. The highest BCUT2D eigenvalue weighted by Crippen LogP contribution is 2.14. The summed E-state index contributed by atoms with van der Waals surface area (Å²) in [6, 6.07) is 9.95. The summed E-state index contributed by atoms with van der Waals surface area (Å²) in [4.78, 5) is 24.3. The Morgan fingerprint density at radius 2 is 2.06 bits per heavy atom. The monoisotopic (exact) mass is 244 g/mol. The van der Waals surface area contributed by atoms with Crippen molar-refractivity contribution in [3.8, 4) is 0 Å². The van der Waals surface area contributed by atoms with Crippen LogP contribution in [-0.2, 0) is 16.0 Å². The maximum atomic E-state index is 11.5. The van der Waals surface area contributed by atoms with Gasteiger partial charge in [-0.05, 0) is 24.8 Å². The number of amides is 1. The fourth-order valence-corrected chi connectivity index (χ4v) is 2.35. The molecule has 0 bridgehead atoms. The molecule has 1 fully saturated rings. The molecule has 1 aromatic carbocycles. The van der Waals surface area contributed by atoms with Crippen LogP contribution in [0.1, 0.15) is 24.8 Å². The number of rotatable bonds is 6. The normalized spacial score (nSPS) is 16.9. The van der Waals surface area contributed by atoms with E-state index in [1.54, 1.807) is 0 Å². The zero-order valence-electron chi connectivity index (χ0n) is 10.5. The quantitative estimate of drug-likeness (QED) is 0.767. The molecule has 1 heterocycles. The van der Waals surface area contributed by atoms with Gasteiger partial charge in [-0.2, -0.15) is 0 Å². The molecule has 1 aromatic rings. The molecule has 95 valence electrons. The number of hydrogen-bond acceptors (Lipinski definition) is 2. The van der Waals surface area contributed by atoms with Gasteiger partial charge in [0.05, 0.1) is 0 Å². The Labute approximate surface area is 108 Å². The van der Waals surface area contributed by atoms with Crippen LogP contribution < -0.4 is 0 Å². The first-order valence-electron chi connectivity index (χ1n) is 6.49. The maximum absolute atomic E-state index is 11.5. The van der Waals surface area contributed by atoms with Gasteiger partial charge in [0.1, 0.15) is 0 Å². The smallest absolute Gasteiger partial charge is 0.222 e. The van der Waals surface area contributed by atoms with Crippen LogP contribution in [0, 0.1) is 5.92 Å². The molecule has 0 aromatic heterocycles. The summed E-state index contributed by atoms with van der Waals surface area (Å²) >= 11 is 0.